The third-order valence-corrected chi connectivity index (χ3v) is 4.15. The standard InChI is InChI=1S/C12H19N5O2/c1-15-6-5-8-3-4-9(7-15)17(8)12-13-10(11(18)19)14-16(12)2/h8-9H,3-7H2,1-2H3,(H,18,19)/t8-,9+/m1/s1. The number of fused-ring (bicyclic) bond motifs is 2. The van der Waals surface area contributed by atoms with Gasteiger partial charge in [0.25, 0.3) is 5.82 Å². The minimum atomic E-state index is -1.07. The van der Waals surface area contributed by atoms with E-state index in [-0.39, 0.29) is 5.82 Å². The maximum Gasteiger partial charge on any atom is 0.375 e. The number of anilines is 1. The van der Waals surface area contributed by atoms with Crippen LogP contribution in [-0.4, -0.2) is 63.0 Å². The lowest BCUT2D eigenvalue weighted by Gasteiger charge is -2.28. The molecule has 2 aliphatic rings. The maximum absolute atomic E-state index is 11.0. The molecule has 0 spiro atoms. The highest BCUT2D eigenvalue weighted by Crippen LogP contribution is 2.33. The van der Waals surface area contributed by atoms with Crippen molar-refractivity contribution in [2.24, 2.45) is 7.05 Å². The van der Waals surface area contributed by atoms with Gasteiger partial charge < -0.3 is 14.9 Å². The number of aromatic carboxylic acids is 1. The van der Waals surface area contributed by atoms with E-state index in [1.165, 1.54) is 0 Å². The SMILES string of the molecule is CN1CC[C@H]2CC[C@@H](C1)N2c1nc(C(=O)O)nn1C. The third-order valence-electron chi connectivity index (χ3n) is 4.15. The summed E-state index contributed by atoms with van der Waals surface area (Å²) >= 11 is 0. The summed E-state index contributed by atoms with van der Waals surface area (Å²) in [6, 6.07) is 0.876. The fourth-order valence-corrected chi connectivity index (χ4v) is 3.26. The number of rotatable bonds is 2. The van der Waals surface area contributed by atoms with Crippen LogP contribution in [0.3, 0.4) is 0 Å². The number of carbonyl (C=O) groups is 1. The van der Waals surface area contributed by atoms with E-state index in [4.69, 9.17) is 5.11 Å². The highest BCUT2D eigenvalue weighted by Gasteiger charge is 2.39. The van der Waals surface area contributed by atoms with E-state index >= 15 is 0 Å². The van der Waals surface area contributed by atoms with Crippen LogP contribution in [0.5, 0.6) is 0 Å². The van der Waals surface area contributed by atoms with Gasteiger partial charge in [0.05, 0.1) is 0 Å². The van der Waals surface area contributed by atoms with Crippen molar-refractivity contribution in [2.45, 2.75) is 31.3 Å². The molecule has 104 valence electrons. The zero-order valence-corrected chi connectivity index (χ0v) is 11.3. The summed E-state index contributed by atoms with van der Waals surface area (Å²) in [6.45, 7) is 2.09. The van der Waals surface area contributed by atoms with Gasteiger partial charge in [-0.2, -0.15) is 4.98 Å². The first-order chi connectivity index (χ1) is 9.06. The molecule has 0 saturated carbocycles. The van der Waals surface area contributed by atoms with Crippen LogP contribution >= 0.6 is 0 Å². The number of likely N-dealkylation sites (tertiary alicyclic amines) is 1. The largest absolute Gasteiger partial charge is 0.475 e. The first kappa shape index (κ1) is 12.4. The van der Waals surface area contributed by atoms with Gasteiger partial charge in [-0.25, -0.2) is 9.48 Å². The Labute approximate surface area is 111 Å². The van der Waals surface area contributed by atoms with E-state index in [2.05, 4.69) is 26.9 Å². The molecule has 7 heteroatoms. The lowest BCUT2D eigenvalue weighted by atomic mass is 10.1. The highest BCUT2D eigenvalue weighted by atomic mass is 16.4. The van der Waals surface area contributed by atoms with Crippen LogP contribution in [-0.2, 0) is 7.05 Å². The Bertz CT molecular complexity index is 500. The predicted molar refractivity (Wildman–Crippen MR) is 69.4 cm³/mol. The van der Waals surface area contributed by atoms with Crippen LogP contribution < -0.4 is 4.90 Å². The normalized spacial score (nSPS) is 27.6. The van der Waals surface area contributed by atoms with Crippen LogP contribution in [0.4, 0.5) is 5.95 Å². The Balaban J connectivity index is 1.94. The molecule has 1 N–H and O–H groups in total. The van der Waals surface area contributed by atoms with E-state index in [1.807, 2.05) is 0 Å². The van der Waals surface area contributed by atoms with E-state index in [0.717, 1.165) is 32.4 Å². The molecule has 1 aromatic heterocycles. The van der Waals surface area contributed by atoms with Crippen molar-refractivity contribution < 1.29 is 9.90 Å². The monoisotopic (exact) mass is 265 g/mol. The van der Waals surface area contributed by atoms with Crippen molar-refractivity contribution in [2.75, 3.05) is 25.0 Å². The van der Waals surface area contributed by atoms with Gasteiger partial charge >= 0.3 is 5.97 Å². The molecular weight excluding hydrogens is 246 g/mol. The minimum absolute atomic E-state index is 0.116. The van der Waals surface area contributed by atoms with E-state index in [9.17, 15) is 4.79 Å². The number of aromatic nitrogens is 3. The van der Waals surface area contributed by atoms with E-state index < -0.39 is 5.97 Å². The van der Waals surface area contributed by atoms with Crippen molar-refractivity contribution in [3.8, 4) is 0 Å². The molecule has 2 aliphatic heterocycles. The molecule has 3 heterocycles. The molecule has 0 unspecified atom stereocenters. The van der Waals surface area contributed by atoms with Crippen molar-refractivity contribution in [3.05, 3.63) is 5.82 Å². The molecule has 0 amide bonds. The first-order valence-electron chi connectivity index (χ1n) is 6.67. The van der Waals surface area contributed by atoms with Gasteiger partial charge in [-0.3, -0.25) is 0 Å². The number of hydrogen-bond acceptors (Lipinski definition) is 5. The van der Waals surface area contributed by atoms with Crippen LogP contribution in [0.25, 0.3) is 0 Å². The minimum Gasteiger partial charge on any atom is -0.475 e. The molecule has 0 aliphatic carbocycles. The summed E-state index contributed by atoms with van der Waals surface area (Å²) in [5.74, 6) is -0.490. The molecule has 2 atom stereocenters. The van der Waals surface area contributed by atoms with Gasteiger partial charge in [0, 0.05) is 25.7 Å². The predicted octanol–water partition coefficient (Wildman–Crippen LogP) is 0.186. The molecule has 2 fully saturated rings. The molecule has 0 radical (unpaired) electrons. The van der Waals surface area contributed by atoms with Gasteiger partial charge in [0.1, 0.15) is 0 Å². The summed E-state index contributed by atoms with van der Waals surface area (Å²) in [5.41, 5.74) is 0. The van der Waals surface area contributed by atoms with Crippen LogP contribution in [0.15, 0.2) is 0 Å². The maximum atomic E-state index is 11.0. The summed E-state index contributed by atoms with van der Waals surface area (Å²) in [6.07, 6.45) is 3.40. The quantitative estimate of drug-likeness (QED) is 0.822. The van der Waals surface area contributed by atoms with Gasteiger partial charge in [0.2, 0.25) is 5.95 Å². The third kappa shape index (κ3) is 2.07. The Morgan fingerprint density at radius 2 is 2.00 bits per heavy atom. The summed E-state index contributed by atoms with van der Waals surface area (Å²) in [4.78, 5) is 19.8. The lowest BCUT2D eigenvalue weighted by Crippen LogP contribution is -2.40. The molecular formula is C12H19N5O2. The summed E-state index contributed by atoms with van der Waals surface area (Å²) in [5, 5.41) is 13.0. The fraction of sp³-hybridized carbons (Fsp3) is 0.750. The number of aryl methyl sites for hydroxylation is 1. The number of carboxylic acids is 1. The molecule has 3 rings (SSSR count). The molecule has 2 bridgehead atoms. The number of nitrogens with zero attached hydrogens (tertiary/aromatic N) is 5. The summed E-state index contributed by atoms with van der Waals surface area (Å²) in [7, 11) is 3.90. The second kappa shape index (κ2) is 4.48. The highest BCUT2D eigenvalue weighted by molar-refractivity contribution is 5.83. The summed E-state index contributed by atoms with van der Waals surface area (Å²) < 4.78 is 1.60. The molecule has 1 aromatic rings. The average Bonchev–Trinajstić information content (AvgIpc) is 2.84. The van der Waals surface area contributed by atoms with Crippen molar-refractivity contribution >= 4 is 11.9 Å². The molecule has 0 aromatic carbocycles. The van der Waals surface area contributed by atoms with Gasteiger partial charge in [-0.1, -0.05) is 0 Å². The Morgan fingerprint density at radius 3 is 2.68 bits per heavy atom. The van der Waals surface area contributed by atoms with Gasteiger partial charge in [0.15, 0.2) is 0 Å². The topological polar surface area (TPSA) is 74.5 Å². The van der Waals surface area contributed by atoms with Gasteiger partial charge in [-0.15, -0.1) is 5.10 Å². The van der Waals surface area contributed by atoms with Crippen LogP contribution in [0.2, 0.25) is 0 Å². The zero-order valence-electron chi connectivity index (χ0n) is 11.3. The van der Waals surface area contributed by atoms with Crippen molar-refractivity contribution in [1.29, 1.82) is 0 Å². The van der Waals surface area contributed by atoms with Crippen molar-refractivity contribution in [3.63, 3.8) is 0 Å². The molecule has 19 heavy (non-hydrogen) atoms. The van der Waals surface area contributed by atoms with Crippen LogP contribution in [0.1, 0.15) is 29.9 Å². The smallest absolute Gasteiger partial charge is 0.375 e. The Morgan fingerprint density at radius 1 is 1.26 bits per heavy atom. The first-order valence-corrected chi connectivity index (χ1v) is 6.67. The Kier molecular flexibility index (Phi) is 2.93. The number of hydrogen-bond donors (Lipinski definition) is 1. The number of carboxylic acid groups (broad SMARTS) is 1. The molecule has 7 nitrogen and oxygen atoms in total. The Hall–Kier alpha value is -1.63. The second-order valence-electron chi connectivity index (χ2n) is 5.51. The second-order valence-corrected chi connectivity index (χ2v) is 5.51. The zero-order chi connectivity index (χ0) is 13.6. The molecule has 2 saturated heterocycles. The van der Waals surface area contributed by atoms with Crippen LogP contribution in [0, 0.1) is 0 Å². The fourth-order valence-electron chi connectivity index (χ4n) is 3.26. The average molecular weight is 265 g/mol. The number of likely N-dealkylation sites (N-methyl/N-ethyl adjacent to an activating group) is 1. The van der Waals surface area contributed by atoms with Crippen molar-refractivity contribution in [1.82, 2.24) is 19.7 Å². The lowest BCUT2D eigenvalue weighted by molar-refractivity contribution is 0.0683. The van der Waals surface area contributed by atoms with E-state index in [1.54, 1.807) is 11.7 Å². The van der Waals surface area contributed by atoms with Gasteiger partial charge in [-0.05, 0) is 32.9 Å². The van der Waals surface area contributed by atoms with E-state index in [0.29, 0.717) is 18.0 Å².